The SMILES string of the molecule is COC(=O)C12CCC(CCOS(C)(=O)=O)(CC1)CC2. The Morgan fingerprint density at radius 3 is 2.05 bits per heavy atom. The molecule has 110 valence electrons. The molecule has 0 atom stereocenters. The summed E-state index contributed by atoms with van der Waals surface area (Å²) in [6.45, 7) is 0.254. The van der Waals surface area contributed by atoms with Crippen LogP contribution in [0.3, 0.4) is 0 Å². The fourth-order valence-corrected chi connectivity index (χ4v) is 3.96. The van der Waals surface area contributed by atoms with Crippen LogP contribution in [-0.2, 0) is 23.8 Å². The van der Waals surface area contributed by atoms with Crippen LogP contribution in [0.25, 0.3) is 0 Å². The minimum absolute atomic E-state index is 0.0758. The van der Waals surface area contributed by atoms with Crippen molar-refractivity contribution in [1.82, 2.24) is 0 Å². The minimum atomic E-state index is -3.35. The van der Waals surface area contributed by atoms with Gasteiger partial charge in [0.25, 0.3) is 10.1 Å². The van der Waals surface area contributed by atoms with Gasteiger partial charge in [-0.05, 0) is 50.4 Å². The summed E-state index contributed by atoms with van der Waals surface area (Å²) >= 11 is 0. The smallest absolute Gasteiger partial charge is 0.311 e. The number of fused-ring (bicyclic) bond motifs is 3. The lowest BCUT2D eigenvalue weighted by atomic mass is 9.53. The third-order valence-electron chi connectivity index (χ3n) is 4.95. The summed E-state index contributed by atoms with van der Waals surface area (Å²) in [7, 11) is -1.90. The van der Waals surface area contributed by atoms with E-state index in [0.29, 0.717) is 0 Å². The zero-order valence-corrected chi connectivity index (χ0v) is 12.4. The molecule has 3 aliphatic carbocycles. The lowest BCUT2D eigenvalue weighted by Gasteiger charge is -2.51. The van der Waals surface area contributed by atoms with Gasteiger partial charge in [-0.1, -0.05) is 0 Å². The van der Waals surface area contributed by atoms with E-state index in [1.807, 2.05) is 0 Å². The summed E-state index contributed by atoms with van der Waals surface area (Å²) in [5.41, 5.74) is -0.103. The van der Waals surface area contributed by atoms with Gasteiger partial charge in [0, 0.05) is 0 Å². The van der Waals surface area contributed by atoms with Crippen LogP contribution in [-0.4, -0.2) is 34.4 Å². The van der Waals surface area contributed by atoms with Gasteiger partial charge < -0.3 is 4.74 Å². The molecule has 6 heteroatoms. The number of methoxy groups -OCH3 is 1. The fourth-order valence-electron chi connectivity index (χ4n) is 3.57. The average molecular weight is 290 g/mol. The maximum absolute atomic E-state index is 11.9. The maximum atomic E-state index is 11.9. The van der Waals surface area contributed by atoms with Gasteiger partial charge in [0.15, 0.2) is 0 Å². The quantitative estimate of drug-likeness (QED) is 0.571. The third kappa shape index (κ3) is 3.11. The van der Waals surface area contributed by atoms with Crippen LogP contribution >= 0.6 is 0 Å². The summed E-state index contributed by atoms with van der Waals surface area (Å²) in [5, 5.41) is 0. The molecule has 0 spiro atoms. The van der Waals surface area contributed by atoms with E-state index < -0.39 is 10.1 Å². The number of hydrogen-bond donors (Lipinski definition) is 0. The van der Waals surface area contributed by atoms with Gasteiger partial charge in [0.1, 0.15) is 0 Å². The summed E-state index contributed by atoms with van der Waals surface area (Å²) < 4.78 is 31.7. The topological polar surface area (TPSA) is 69.7 Å². The Balaban J connectivity index is 1.92. The molecule has 0 heterocycles. The normalized spacial score (nSPS) is 34.2. The second-order valence-corrected chi connectivity index (χ2v) is 7.69. The highest BCUT2D eigenvalue weighted by molar-refractivity contribution is 7.85. The predicted molar refractivity (Wildman–Crippen MR) is 70.0 cm³/mol. The van der Waals surface area contributed by atoms with E-state index in [-0.39, 0.29) is 23.4 Å². The van der Waals surface area contributed by atoms with Crippen LogP contribution in [0.15, 0.2) is 0 Å². The van der Waals surface area contributed by atoms with Crippen molar-refractivity contribution < 1.29 is 22.1 Å². The first-order chi connectivity index (χ1) is 8.81. The Hall–Kier alpha value is -0.620. The number of esters is 1. The van der Waals surface area contributed by atoms with Crippen molar-refractivity contribution in [3.8, 4) is 0 Å². The van der Waals surface area contributed by atoms with Crippen molar-refractivity contribution in [2.24, 2.45) is 10.8 Å². The largest absolute Gasteiger partial charge is 0.469 e. The van der Waals surface area contributed by atoms with E-state index in [1.165, 1.54) is 7.11 Å². The van der Waals surface area contributed by atoms with Gasteiger partial charge in [-0.2, -0.15) is 8.42 Å². The summed E-state index contributed by atoms with van der Waals surface area (Å²) in [5.74, 6) is -0.0758. The van der Waals surface area contributed by atoms with Gasteiger partial charge in [-0.3, -0.25) is 8.98 Å². The highest BCUT2D eigenvalue weighted by atomic mass is 32.2. The number of carbonyl (C=O) groups is 1. The molecule has 0 amide bonds. The van der Waals surface area contributed by atoms with E-state index in [4.69, 9.17) is 8.92 Å². The lowest BCUT2D eigenvalue weighted by Crippen LogP contribution is -2.46. The van der Waals surface area contributed by atoms with Crippen LogP contribution in [0, 0.1) is 10.8 Å². The Kier molecular flexibility index (Phi) is 3.93. The number of ether oxygens (including phenoxy) is 1. The molecular formula is C13H22O5S. The molecule has 3 fully saturated rings. The van der Waals surface area contributed by atoms with Crippen LogP contribution in [0.2, 0.25) is 0 Å². The molecule has 19 heavy (non-hydrogen) atoms. The molecule has 0 aromatic rings. The second kappa shape index (κ2) is 5.05. The van der Waals surface area contributed by atoms with Crippen molar-refractivity contribution in [2.45, 2.75) is 44.9 Å². The Morgan fingerprint density at radius 2 is 1.63 bits per heavy atom. The first kappa shape index (κ1) is 14.8. The maximum Gasteiger partial charge on any atom is 0.311 e. The van der Waals surface area contributed by atoms with E-state index in [2.05, 4.69) is 0 Å². The van der Waals surface area contributed by atoms with Gasteiger partial charge >= 0.3 is 5.97 Å². The molecule has 0 aromatic heterocycles. The van der Waals surface area contributed by atoms with E-state index in [1.54, 1.807) is 0 Å². The van der Waals surface area contributed by atoms with E-state index >= 15 is 0 Å². The summed E-state index contributed by atoms with van der Waals surface area (Å²) in [6, 6.07) is 0. The summed E-state index contributed by atoms with van der Waals surface area (Å²) in [4.78, 5) is 11.9. The minimum Gasteiger partial charge on any atom is -0.469 e. The van der Waals surface area contributed by atoms with E-state index in [0.717, 1.165) is 51.2 Å². The average Bonchev–Trinajstić information content (AvgIpc) is 2.38. The number of carbonyl (C=O) groups excluding carboxylic acids is 1. The number of hydrogen-bond acceptors (Lipinski definition) is 5. The highest BCUT2D eigenvalue weighted by Crippen LogP contribution is 2.58. The molecule has 0 aromatic carbocycles. The van der Waals surface area contributed by atoms with Crippen molar-refractivity contribution in [3.63, 3.8) is 0 Å². The van der Waals surface area contributed by atoms with Gasteiger partial charge in [-0.15, -0.1) is 0 Å². The second-order valence-electron chi connectivity index (χ2n) is 6.05. The standard InChI is InChI=1S/C13H22O5S/c1-17-11(14)13-6-3-12(4-7-13,5-8-13)9-10-18-19(2,15)16/h3-10H2,1-2H3. The summed E-state index contributed by atoms with van der Waals surface area (Å²) in [6.07, 6.45) is 7.32. The molecule has 0 saturated heterocycles. The van der Waals surface area contributed by atoms with Crippen molar-refractivity contribution >= 4 is 16.1 Å². The molecule has 2 bridgehead atoms. The van der Waals surface area contributed by atoms with Crippen molar-refractivity contribution in [3.05, 3.63) is 0 Å². The molecule has 3 saturated carbocycles. The first-order valence-electron chi connectivity index (χ1n) is 6.74. The first-order valence-corrected chi connectivity index (χ1v) is 8.55. The molecule has 3 aliphatic rings. The van der Waals surface area contributed by atoms with E-state index in [9.17, 15) is 13.2 Å². The Labute approximate surface area is 114 Å². The Bertz CT molecular complexity index is 429. The zero-order valence-electron chi connectivity index (χ0n) is 11.6. The van der Waals surface area contributed by atoms with Crippen LogP contribution in [0.5, 0.6) is 0 Å². The molecule has 5 nitrogen and oxygen atoms in total. The monoisotopic (exact) mass is 290 g/mol. The van der Waals surface area contributed by atoms with Crippen molar-refractivity contribution in [2.75, 3.05) is 20.0 Å². The molecule has 0 N–H and O–H groups in total. The van der Waals surface area contributed by atoms with Crippen LogP contribution in [0.1, 0.15) is 44.9 Å². The van der Waals surface area contributed by atoms with Crippen LogP contribution < -0.4 is 0 Å². The molecule has 0 aliphatic heterocycles. The van der Waals surface area contributed by atoms with Gasteiger partial charge in [0.2, 0.25) is 0 Å². The molecule has 3 rings (SSSR count). The molecular weight excluding hydrogens is 268 g/mol. The molecule has 0 radical (unpaired) electrons. The third-order valence-corrected chi connectivity index (χ3v) is 5.54. The fraction of sp³-hybridized carbons (Fsp3) is 0.923. The number of rotatable bonds is 5. The Morgan fingerprint density at radius 1 is 1.11 bits per heavy atom. The van der Waals surface area contributed by atoms with Crippen LogP contribution in [0.4, 0.5) is 0 Å². The highest BCUT2D eigenvalue weighted by Gasteiger charge is 2.52. The van der Waals surface area contributed by atoms with Gasteiger partial charge in [0.05, 0.1) is 25.4 Å². The zero-order chi connectivity index (χ0) is 14.1. The van der Waals surface area contributed by atoms with Gasteiger partial charge in [-0.25, -0.2) is 0 Å². The lowest BCUT2D eigenvalue weighted by molar-refractivity contribution is -0.163. The predicted octanol–water partition coefficient (Wildman–Crippen LogP) is 1.87. The van der Waals surface area contributed by atoms with Crippen molar-refractivity contribution in [1.29, 1.82) is 0 Å². The molecule has 0 unspecified atom stereocenters.